The van der Waals surface area contributed by atoms with Crippen LogP contribution in [-0.4, -0.2) is 12.2 Å². The molecule has 0 aliphatic rings. The molecule has 0 bridgehead atoms. The van der Waals surface area contributed by atoms with Crippen molar-refractivity contribution in [3.05, 3.63) is 47.0 Å². The van der Waals surface area contributed by atoms with E-state index in [2.05, 4.69) is 0 Å². The molecule has 0 heterocycles. The van der Waals surface area contributed by atoms with Crippen molar-refractivity contribution in [3.63, 3.8) is 0 Å². The number of alkyl halides is 3. The van der Waals surface area contributed by atoms with Crippen LogP contribution in [0.25, 0.3) is 11.1 Å². The molecule has 0 unspecified atom stereocenters. The van der Waals surface area contributed by atoms with Gasteiger partial charge in [0.2, 0.25) is 0 Å². The van der Waals surface area contributed by atoms with Gasteiger partial charge in [0.15, 0.2) is 11.5 Å². The number of phenolic OH excluding ortho intramolecular Hbond substituents is 1. The maximum Gasteiger partial charge on any atom is 0.416 e. The first-order valence-corrected chi connectivity index (χ1v) is 6.25. The number of hydrogen-bond acceptors (Lipinski definition) is 4. The minimum Gasteiger partial charge on any atom is -0.503 e. The molecule has 0 aromatic heterocycles. The highest BCUT2D eigenvalue weighted by Gasteiger charge is 2.31. The molecule has 4 nitrogen and oxygen atoms in total. The van der Waals surface area contributed by atoms with Crippen LogP contribution in [0.5, 0.6) is 11.5 Å². The number of nitriles is 2. The summed E-state index contributed by atoms with van der Waals surface area (Å²) in [6.07, 6.45) is -4.57. The fraction of sp³-hybridized carbons (Fsp3) is 0.125. The van der Waals surface area contributed by atoms with Crippen LogP contribution in [0.15, 0.2) is 30.3 Å². The molecule has 23 heavy (non-hydrogen) atoms. The Morgan fingerprint density at radius 2 is 1.83 bits per heavy atom. The second kappa shape index (κ2) is 5.90. The zero-order valence-electron chi connectivity index (χ0n) is 11.8. The lowest BCUT2D eigenvalue weighted by atomic mass is 9.93. The smallest absolute Gasteiger partial charge is 0.416 e. The van der Waals surface area contributed by atoms with E-state index in [9.17, 15) is 28.8 Å². The van der Waals surface area contributed by atoms with Crippen molar-refractivity contribution in [1.29, 1.82) is 10.5 Å². The number of aromatic hydroxyl groups is 1. The van der Waals surface area contributed by atoms with E-state index in [0.29, 0.717) is 0 Å². The molecule has 116 valence electrons. The summed E-state index contributed by atoms with van der Waals surface area (Å²) in [4.78, 5) is 0. The number of rotatable bonds is 2. The summed E-state index contributed by atoms with van der Waals surface area (Å²) < 4.78 is 43.4. The summed E-state index contributed by atoms with van der Waals surface area (Å²) in [6.45, 7) is 0. The fourth-order valence-electron chi connectivity index (χ4n) is 2.15. The van der Waals surface area contributed by atoms with Crippen molar-refractivity contribution in [3.8, 4) is 34.8 Å². The third-order valence-electron chi connectivity index (χ3n) is 3.20. The molecule has 2 aromatic carbocycles. The minimum atomic E-state index is -4.57. The Balaban J connectivity index is 2.82. The lowest BCUT2D eigenvalue weighted by molar-refractivity contribution is -0.137. The molecule has 0 saturated carbocycles. The largest absolute Gasteiger partial charge is 0.503 e. The number of benzene rings is 2. The van der Waals surface area contributed by atoms with Gasteiger partial charge in [-0.25, -0.2) is 0 Å². The third-order valence-corrected chi connectivity index (χ3v) is 3.20. The van der Waals surface area contributed by atoms with E-state index in [0.717, 1.165) is 12.1 Å². The Morgan fingerprint density at radius 1 is 1.13 bits per heavy atom. The molecule has 0 atom stereocenters. The molecule has 7 heteroatoms. The molecule has 1 N–H and O–H groups in total. The number of ether oxygens (including phenoxy) is 1. The van der Waals surface area contributed by atoms with Gasteiger partial charge >= 0.3 is 6.18 Å². The van der Waals surface area contributed by atoms with Gasteiger partial charge in [-0.05, 0) is 17.7 Å². The number of halogens is 3. The van der Waals surface area contributed by atoms with E-state index in [1.165, 1.54) is 25.3 Å². The predicted octanol–water partition coefficient (Wildman–Crippen LogP) is 3.83. The van der Waals surface area contributed by atoms with Crippen LogP contribution in [0.3, 0.4) is 0 Å². The summed E-state index contributed by atoms with van der Waals surface area (Å²) in [6, 6.07) is 8.89. The van der Waals surface area contributed by atoms with Crippen molar-refractivity contribution in [2.75, 3.05) is 7.11 Å². The van der Waals surface area contributed by atoms with E-state index in [4.69, 9.17) is 4.74 Å². The van der Waals surface area contributed by atoms with Gasteiger partial charge in [-0.1, -0.05) is 12.1 Å². The Bertz CT molecular complexity index is 846. The predicted molar refractivity (Wildman–Crippen MR) is 74.5 cm³/mol. The van der Waals surface area contributed by atoms with Gasteiger partial charge in [0, 0.05) is 11.6 Å². The van der Waals surface area contributed by atoms with E-state index in [-0.39, 0.29) is 28.0 Å². The highest BCUT2D eigenvalue weighted by atomic mass is 19.4. The van der Waals surface area contributed by atoms with Crippen molar-refractivity contribution in [1.82, 2.24) is 0 Å². The zero-order chi connectivity index (χ0) is 17.2. The monoisotopic (exact) mass is 318 g/mol. The second-order valence-electron chi connectivity index (χ2n) is 4.53. The van der Waals surface area contributed by atoms with Gasteiger partial charge in [0.05, 0.1) is 24.3 Å². The van der Waals surface area contributed by atoms with Crippen LogP contribution in [0, 0.1) is 22.7 Å². The molecule has 0 amide bonds. The Hall–Kier alpha value is -3.19. The number of methoxy groups -OCH3 is 1. The van der Waals surface area contributed by atoms with E-state index >= 15 is 0 Å². The molecule has 2 aromatic rings. The molecule has 0 spiro atoms. The summed E-state index contributed by atoms with van der Waals surface area (Å²) >= 11 is 0. The molecular formula is C16H9F3N2O2. The first-order valence-electron chi connectivity index (χ1n) is 6.25. The highest BCUT2D eigenvalue weighted by Crippen LogP contribution is 2.41. The number of nitrogens with zero attached hydrogens (tertiary/aromatic N) is 2. The molecule has 0 aliphatic carbocycles. The van der Waals surface area contributed by atoms with Crippen molar-refractivity contribution in [2.24, 2.45) is 0 Å². The van der Waals surface area contributed by atoms with Gasteiger partial charge in [-0.15, -0.1) is 0 Å². The van der Waals surface area contributed by atoms with Crippen LogP contribution in [-0.2, 0) is 6.18 Å². The highest BCUT2D eigenvalue weighted by molar-refractivity contribution is 5.81. The summed E-state index contributed by atoms with van der Waals surface area (Å²) in [7, 11) is 1.24. The first kappa shape index (κ1) is 16.2. The average molecular weight is 318 g/mol. The van der Waals surface area contributed by atoms with Crippen LogP contribution in [0.2, 0.25) is 0 Å². The zero-order valence-corrected chi connectivity index (χ0v) is 11.8. The molecule has 0 aliphatic heterocycles. The Labute approximate surface area is 129 Å². The maximum absolute atomic E-state index is 12.8. The lowest BCUT2D eigenvalue weighted by Gasteiger charge is -2.14. The summed E-state index contributed by atoms with van der Waals surface area (Å²) in [5, 5.41) is 28.5. The molecule has 0 saturated heterocycles. The van der Waals surface area contributed by atoms with Crippen molar-refractivity contribution < 1.29 is 23.0 Å². The van der Waals surface area contributed by atoms with E-state index in [1.807, 2.05) is 0 Å². The number of hydrogen-bond donors (Lipinski definition) is 1. The normalized spacial score (nSPS) is 10.7. The fourth-order valence-corrected chi connectivity index (χ4v) is 2.15. The van der Waals surface area contributed by atoms with Gasteiger partial charge in [0.1, 0.15) is 11.6 Å². The van der Waals surface area contributed by atoms with Gasteiger partial charge < -0.3 is 9.84 Å². The van der Waals surface area contributed by atoms with E-state index in [1.54, 1.807) is 12.1 Å². The first-order chi connectivity index (χ1) is 10.8. The molecule has 2 rings (SSSR count). The van der Waals surface area contributed by atoms with Gasteiger partial charge in [-0.2, -0.15) is 23.7 Å². The third kappa shape index (κ3) is 2.90. The van der Waals surface area contributed by atoms with Crippen molar-refractivity contribution >= 4 is 0 Å². The van der Waals surface area contributed by atoms with Crippen molar-refractivity contribution in [2.45, 2.75) is 6.18 Å². The van der Waals surface area contributed by atoms with Crippen LogP contribution < -0.4 is 4.74 Å². The minimum absolute atomic E-state index is 0.00544. The average Bonchev–Trinajstić information content (AvgIpc) is 2.53. The van der Waals surface area contributed by atoms with Crippen LogP contribution >= 0.6 is 0 Å². The van der Waals surface area contributed by atoms with Gasteiger partial charge in [-0.3, -0.25) is 0 Å². The SMILES string of the molecule is COc1cc(C#N)c(-c2cccc(C(F)(F)F)c2)c(C#N)c1O. The summed E-state index contributed by atoms with van der Waals surface area (Å²) in [5.41, 5.74) is -1.38. The number of phenols is 1. The Morgan fingerprint density at radius 3 is 2.35 bits per heavy atom. The quantitative estimate of drug-likeness (QED) is 0.913. The van der Waals surface area contributed by atoms with Crippen LogP contribution in [0.4, 0.5) is 13.2 Å². The molecular weight excluding hydrogens is 309 g/mol. The summed E-state index contributed by atoms with van der Waals surface area (Å²) in [5.74, 6) is -0.629. The van der Waals surface area contributed by atoms with Crippen LogP contribution in [0.1, 0.15) is 16.7 Å². The van der Waals surface area contributed by atoms with Gasteiger partial charge in [0.25, 0.3) is 0 Å². The standard InChI is InChI=1S/C16H9F3N2O2/c1-23-13-6-10(7-20)14(12(8-21)15(13)22)9-3-2-4-11(5-9)16(17,18)19/h2-6,22H,1H3. The second-order valence-corrected chi connectivity index (χ2v) is 4.53. The Kier molecular flexibility index (Phi) is 4.15. The molecule has 0 fully saturated rings. The lowest BCUT2D eigenvalue weighted by Crippen LogP contribution is -2.05. The topological polar surface area (TPSA) is 77.0 Å². The van der Waals surface area contributed by atoms with E-state index < -0.39 is 17.5 Å². The maximum atomic E-state index is 12.8. The molecule has 0 radical (unpaired) electrons.